The van der Waals surface area contributed by atoms with Crippen LogP contribution in [0.2, 0.25) is 0 Å². The number of benzene rings is 7. The van der Waals surface area contributed by atoms with Crippen molar-refractivity contribution >= 4 is 21.8 Å². The molecule has 7 aromatic carbocycles. The van der Waals surface area contributed by atoms with Crippen LogP contribution in [0.1, 0.15) is 47.6 Å². The lowest BCUT2D eigenvalue weighted by Crippen LogP contribution is -2.15. The highest BCUT2D eigenvalue weighted by Gasteiger charge is 2.37. The Balaban J connectivity index is 1.11. The highest BCUT2D eigenvalue weighted by Crippen LogP contribution is 2.53. The van der Waals surface area contributed by atoms with Gasteiger partial charge in [-0.2, -0.15) is 0 Å². The number of hydrogen-bond acceptors (Lipinski definition) is 0. The van der Waals surface area contributed by atoms with Crippen molar-refractivity contribution in [2.45, 2.75) is 25.2 Å². The molecule has 0 spiro atoms. The van der Waals surface area contributed by atoms with Gasteiger partial charge in [0.15, 0.2) is 0 Å². The number of hydrogen-bond donors (Lipinski definition) is 0. The fraction of sp³-hybridized carbons (Fsp3) is 0.0870. The van der Waals surface area contributed by atoms with Crippen LogP contribution in [0.5, 0.6) is 0 Å². The summed E-state index contributed by atoms with van der Waals surface area (Å²) < 4.78 is 2.38. The summed E-state index contributed by atoms with van der Waals surface area (Å²) >= 11 is 0. The average Bonchev–Trinajstić information content (AvgIpc) is 3.71. The van der Waals surface area contributed by atoms with Gasteiger partial charge < -0.3 is 4.57 Å². The molecule has 1 atom stereocenters. The standard InChI is InChI=1S/C46H33N/c1-46(2)41-18-10-8-15-34(41)35-23-21-31(28-42(35)46)45-37-17-7-6-14-33(37)39-26-29(20-24-38(39)45)30-22-25-44-40(27-30)36-16-9-11-19-43(36)47(44)32-12-4-3-5-13-32/h3-28,45H,1-2H3. The first-order valence-electron chi connectivity index (χ1n) is 16.6. The molecule has 0 saturated carbocycles. The van der Waals surface area contributed by atoms with E-state index in [1.54, 1.807) is 0 Å². The second-order valence-corrected chi connectivity index (χ2v) is 13.7. The first-order valence-corrected chi connectivity index (χ1v) is 16.6. The molecule has 0 amide bonds. The zero-order valence-corrected chi connectivity index (χ0v) is 26.5. The minimum Gasteiger partial charge on any atom is -0.309 e. The van der Waals surface area contributed by atoms with Crippen molar-refractivity contribution in [2.75, 3.05) is 0 Å². The maximum absolute atomic E-state index is 2.50. The molecule has 0 aliphatic heterocycles. The maximum atomic E-state index is 2.50. The molecule has 222 valence electrons. The number of rotatable bonds is 3. The van der Waals surface area contributed by atoms with Gasteiger partial charge in [-0.1, -0.05) is 135 Å². The van der Waals surface area contributed by atoms with Crippen molar-refractivity contribution in [3.63, 3.8) is 0 Å². The Morgan fingerprint density at radius 1 is 0.447 bits per heavy atom. The van der Waals surface area contributed by atoms with Gasteiger partial charge >= 0.3 is 0 Å². The van der Waals surface area contributed by atoms with E-state index in [4.69, 9.17) is 0 Å². The molecule has 1 heterocycles. The molecule has 1 heteroatoms. The Labute approximate surface area is 275 Å². The molecular formula is C46H33N. The van der Waals surface area contributed by atoms with E-state index < -0.39 is 0 Å². The van der Waals surface area contributed by atoms with E-state index in [0.29, 0.717) is 0 Å². The molecule has 0 N–H and O–H groups in total. The average molecular weight is 600 g/mol. The molecule has 1 nitrogen and oxygen atoms in total. The third-order valence-corrected chi connectivity index (χ3v) is 10.9. The Hall–Kier alpha value is -5.66. The Morgan fingerprint density at radius 3 is 2.00 bits per heavy atom. The smallest absolute Gasteiger partial charge is 0.0541 e. The quantitative estimate of drug-likeness (QED) is 0.190. The molecule has 2 aliphatic carbocycles. The fourth-order valence-electron chi connectivity index (χ4n) is 8.65. The van der Waals surface area contributed by atoms with Crippen LogP contribution in [0, 0.1) is 0 Å². The van der Waals surface area contributed by atoms with Crippen molar-refractivity contribution in [2.24, 2.45) is 0 Å². The lowest BCUT2D eigenvalue weighted by molar-refractivity contribution is 0.659. The largest absolute Gasteiger partial charge is 0.309 e. The van der Waals surface area contributed by atoms with Crippen molar-refractivity contribution in [1.29, 1.82) is 0 Å². The van der Waals surface area contributed by atoms with Crippen LogP contribution >= 0.6 is 0 Å². The summed E-state index contributed by atoms with van der Waals surface area (Å²) in [5, 5.41) is 2.56. The normalized spacial score (nSPS) is 15.4. The molecule has 0 saturated heterocycles. The number of fused-ring (bicyclic) bond motifs is 9. The van der Waals surface area contributed by atoms with E-state index in [-0.39, 0.29) is 11.3 Å². The maximum Gasteiger partial charge on any atom is 0.0541 e. The minimum absolute atomic E-state index is 0.0188. The monoisotopic (exact) mass is 599 g/mol. The summed E-state index contributed by atoms with van der Waals surface area (Å²) in [5.41, 5.74) is 18.6. The summed E-state index contributed by atoms with van der Waals surface area (Å²) in [5.74, 6) is 0.214. The van der Waals surface area contributed by atoms with Crippen LogP contribution in [-0.2, 0) is 5.41 Å². The van der Waals surface area contributed by atoms with Gasteiger partial charge in [0.05, 0.1) is 11.0 Å². The highest BCUT2D eigenvalue weighted by molar-refractivity contribution is 6.10. The SMILES string of the molecule is CC1(C)c2ccccc2-c2ccc(C3c4ccccc4-c4cc(-c5ccc6c(c5)c5ccccc5n6-c5ccccc5)ccc43)cc21. The van der Waals surface area contributed by atoms with Crippen LogP contribution < -0.4 is 0 Å². The molecule has 0 radical (unpaired) electrons. The number of nitrogens with zero attached hydrogens (tertiary/aromatic N) is 1. The summed E-state index contributed by atoms with van der Waals surface area (Å²) in [6.45, 7) is 4.75. The highest BCUT2D eigenvalue weighted by atomic mass is 15.0. The number of para-hydroxylation sites is 2. The van der Waals surface area contributed by atoms with Crippen molar-refractivity contribution < 1.29 is 0 Å². The first kappa shape index (κ1) is 26.5. The van der Waals surface area contributed by atoms with Gasteiger partial charge in [-0.05, 0) is 97.6 Å². The number of aromatic nitrogens is 1. The Bertz CT molecular complexity index is 2550. The lowest BCUT2D eigenvalue weighted by atomic mass is 9.80. The van der Waals surface area contributed by atoms with Crippen LogP contribution in [0.3, 0.4) is 0 Å². The molecule has 2 aliphatic rings. The second-order valence-electron chi connectivity index (χ2n) is 13.7. The first-order chi connectivity index (χ1) is 23.1. The zero-order chi connectivity index (χ0) is 31.3. The zero-order valence-electron chi connectivity index (χ0n) is 26.5. The summed E-state index contributed by atoms with van der Waals surface area (Å²) in [6.07, 6.45) is 0. The van der Waals surface area contributed by atoms with Gasteiger partial charge in [-0.15, -0.1) is 0 Å². The van der Waals surface area contributed by atoms with Crippen molar-refractivity contribution in [3.05, 3.63) is 186 Å². The Kier molecular flexibility index (Phi) is 5.46. The van der Waals surface area contributed by atoms with E-state index in [0.717, 1.165) is 0 Å². The van der Waals surface area contributed by atoms with Crippen LogP contribution in [-0.4, -0.2) is 4.57 Å². The van der Waals surface area contributed by atoms with Crippen LogP contribution in [0.25, 0.3) is 60.9 Å². The van der Waals surface area contributed by atoms with E-state index in [1.165, 1.54) is 88.7 Å². The predicted molar refractivity (Wildman–Crippen MR) is 197 cm³/mol. The van der Waals surface area contributed by atoms with Crippen LogP contribution in [0.15, 0.2) is 158 Å². The van der Waals surface area contributed by atoms with E-state index >= 15 is 0 Å². The molecule has 1 aromatic heterocycles. The van der Waals surface area contributed by atoms with Gasteiger partial charge in [0.2, 0.25) is 0 Å². The van der Waals surface area contributed by atoms with Gasteiger partial charge in [-0.3, -0.25) is 0 Å². The Morgan fingerprint density at radius 2 is 1.11 bits per heavy atom. The molecular weight excluding hydrogens is 567 g/mol. The fourth-order valence-corrected chi connectivity index (χ4v) is 8.65. The summed E-state index contributed by atoms with van der Waals surface area (Å²) in [7, 11) is 0. The molecule has 10 rings (SSSR count). The predicted octanol–water partition coefficient (Wildman–Crippen LogP) is 11.9. The minimum atomic E-state index is -0.0188. The van der Waals surface area contributed by atoms with E-state index in [9.17, 15) is 0 Å². The van der Waals surface area contributed by atoms with Crippen molar-refractivity contribution in [1.82, 2.24) is 4.57 Å². The topological polar surface area (TPSA) is 4.93 Å². The van der Waals surface area contributed by atoms with Crippen molar-refractivity contribution in [3.8, 4) is 39.1 Å². The van der Waals surface area contributed by atoms with Gasteiger partial charge in [0, 0.05) is 27.8 Å². The van der Waals surface area contributed by atoms with Gasteiger partial charge in [-0.25, -0.2) is 0 Å². The van der Waals surface area contributed by atoms with Gasteiger partial charge in [0.1, 0.15) is 0 Å². The van der Waals surface area contributed by atoms with E-state index in [2.05, 4.69) is 176 Å². The molecule has 0 bridgehead atoms. The molecule has 0 fully saturated rings. The molecule has 8 aromatic rings. The van der Waals surface area contributed by atoms with E-state index in [1.807, 2.05) is 0 Å². The van der Waals surface area contributed by atoms with Gasteiger partial charge in [0.25, 0.3) is 0 Å². The summed E-state index contributed by atoms with van der Waals surface area (Å²) in [6, 6.07) is 58.8. The molecule has 47 heavy (non-hydrogen) atoms. The lowest BCUT2D eigenvalue weighted by Gasteiger charge is -2.23. The third kappa shape index (κ3) is 3.71. The van der Waals surface area contributed by atoms with Crippen LogP contribution in [0.4, 0.5) is 0 Å². The third-order valence-electron chi connectivity index (χ3n) is 10.9. The summed E-state index contributed by atoms with van der Waals surface area (Å²) in [4.78, 5) is 0. The molecule has 1 unspecified atom stereocenters. The second kappa shape index (κ2) is 9.67.